The minimum atomic E-state index is -3.57. The van der Waals surface area contributed by atoms with Crippen molar-refractivity contribution in [3.05, 3.63) is 24.0 Å². The van der Waals surface area contributed by atoms with E-state index in [1.54, 1.807) is 17.0 Å². The third-order valence-corrected chi connectivity index (χ3v) is 7.46. The number of carbonyl (C=O) groups is 2. The number of likely N-dealkylation sites (tertiary alicyclic amines) is 1. The van der Waals surface area contributed by atoms with Crippen LogP contribution in [0.25, 0.3) is 11.0 Å². The van der Waals surface area contributed by atoms with E-state index in [2.05, 4.69) is 4.98 Å². The second kappa shape index (κ2) is 9.35. The quantitative estimate of drug-likeness (QED) is 0.598. The number of hydrogen-bond acceptors (Lipinski definition) is 6. The number of nitrogens with zero attached hydrogens (tertiary/aromatic N) is 4. The molecule has 1 aliphatic heterocycles. The molecule has 0 bridgehead atoms. The Hall–Kier alpha value is -2.46. The highest BCUT2D eigenvalue weighted by Gasteiger charge is 2.29. The molecule has 0 spiro atoms. The van der Waals surface area contributed by atoms with Crippen LogP contribution in [0.5, 0.6) is 0 Å². The van der Waals surface area contributed by atoms with Crippen LogP contribution in [0, 0.1) is 5.92 Å². The number of aromatic nitrogens is 2. The SMILES string of the molecule is CCC(=O)N1CCCC(C(=O)OCc2nc3cc(S(=O)(=O)N(C)C)ccc3n2CC)C1. The molecule has 170 valence electrons. The van der Waals surface area contributed by atoms with Gasteiger partial charge >= 0.3 is 5.97 Å². The van der Waals surface area contributed by atoms with Gasteiger partial charge in [-0.25, -0.2) is 17.7 Å². The lowest BCUT2D eigenvalue weighted by molar-refractivity contribution is -0.153. The second-order valence-electron chi connectivity index (χ2n) is 7.85. The molecule has 0 saturated carbocycles. The number of imidazole rings is 1. The molecule has 1 aromatic heterocycles. The third kappa shape index (κ3) is 4.74. The highest BCUT2D eigenvalue weighted by molar-refractivity contribution is 7.89. The van der Waals surface area contributed by atoms with Crippen molar-refractivity contribution in [1.82, 2.24) is 18.8 Å². The maximum atomic E-state index is 12.6. The van der Waals surface area contributed by atoms with Gasteiger partial charge in [0, 0.05) is 40.2 Å². The molecule has 1 atom stereocenters. The zero-order valence-electron chi connectivity index (χ0n) is 18.5. The monoisotopic (exact) mass is 450 g/mol. The molecular weight excluding hydrogens is 420 g/mol. The second-order valence-corrected chi connectivity index (χ2v) is 10.0. The number of rotatable bonds is 7. The van der Waals surface area contributed by atoms with Gasteiger partial charge in [0.2, 0.25) is 15.9 Å². The smallest absolute Gasteiger partial charge is 0.311 e. The number of piperidine rings is 1. The Morgan fingerprint density at radius 1 is 1.26 bits per heavy atom. The van der Waals surface area contributed by atoms with Crippen molar-refractivity contribution in [1.29, 1.82) is 0 Å². The molecule has 9 nitrogen and oxygen atoms in total. The fraction of sp³-hybridized carbons (Fsp3) is 0.571. The molecule has 2 heterocycles. The van der Waals surface area contributed by atoms with Gasteiger partial charge < -0.3 is 14.2 Å². The average Bonchev–Trinajstić information content (AvgIpc) is 3.13. The van der Waals surface area contributed by atoms with Gasteiger partial charge in [-0.1, -0.05) is 6.92 Å². The molecular formula is C21H30N4O5S. The van der Waals surface area contributed by atoms with Gasteiger partial charge in [-0.3, -0.25) is 9.59 Å². The van der Waals surface area contributed by atoms with Crippen LogP contribution in [0.4, 0.5) is 0 Å². The molecule has 1 aliphatic rings. The van der Waals surface area contributed by atoms with Gasteiger partial charge in [-0.2, -0.15) is 0 Å². The molecule has 1 amide bonds. The predicted molar refractivity (Wildman–Crippen MR) is 116 cm³/mol. The first kappa shape index (κ1) is 23.2. The van der Waals surface area contributed by atoms with E-state index in [1.807, 2.05) is 18.4 Å². The Labute approximate surface area is 183 Å². The summed E-state index contributed by atoms with van der Waals surface area (Å²) in [6.07, 6.45) is 1.90. The van der Waals surface area contributed by atoms with E-state index in [1.165, 1.54) is 20.2 Å². The summed E-state index contributed by atoms with van der Waals surface area (Å²) in [4.78, 5) is 31.0. The molecule has 31 heavy (non-hydrogen) atoms. The zero-order valence-corrected chi connectivity index (χ0v) is 19.3. The van der Waals surface area contributed by atoms with Crippen LogP contribution in [0.15, 0.2) is 23.1 Å². The van der Waals surface area contributed by atoms with Crippen molar-refractivity contribution in [3.8, 4) is 0 Å². The van der Waals surface area contributed by atoms with Crippen molar-refractivity contribution in [2.45, 2.75) is 51.2 Å². The standard InChI is InChI=1S/C21H30N4O5S/c1-5-20(26)24-11-7-8-15(13-24)21(27)30-14-19-22-17-12-16(31(28,29)23(3)4)9-10-18(17)25(19)6-2/h9-10,12,15H,5-8,11,13-14H2,1-4H3. The summed E-state index contributed by atoms with van der Waals surface area (Å²) in [7, 11) is -0.604. The number of hydrogen-bond donors (Lipinski definition) is 0. The topological polar surface area (TPSA) is 102 Å². The first-order valence-corrected chi connectivity index (χ1v) is 12.0. The van der Waals surface area contributed by atoms with Crippen LogP contribution in [0.2, 0.25) is 0 Å². The summed E-state index contributed by atoms with van der Waals surface area (Å²) in [6.45, 7) is 5.43. The van der Waals surface area contributed by atoms with Gasteiger partial charge in [0.05, 0.1) is 21.8 Å². The zero-order chi connectivity index (χ0) is 22.8. The van der Waals surface area contributed by atoms with Gasteiger partial charge in [-0.05, 0) is 38.0 Å². The Balaban J connectivity index is 1.77. The van der Waals surface area contributed by atoms with E-state index in [0.717, 1.165) is 16.2 Å². The van der Waals surface area contributed by atoms with Crippen molar-refractivity contribution >= 4 is 32.9 Å². The van der Waals surface area contributed by atoms with E-state index in [4.69, 9.17) is 4.74 Å². The number of fused-ring (bicyclic) bond motifs is 1. The Bertz CT molecular complexity index is 1080. The van der Waals surface area contributed by atoms with Gasteiger partial charge in [0.15, 0.2) is 0 Å². The molecule has 10 heteroatoms. The van der Waals surface area contributed by atoms with Gasteiger partial charge in [0.25, 0.3) is 0 Å². The molecule has 1 fully saturated rings. The summed E-state index contributed by atoms with van der Waals surface area (Å²) < 4.78 is 33.4. The average molecular weight is 451 g/mol. The minimum absolute atomic E-state index is 0.00462. The summed E-state index contributed by atoms with van der Waals surface area (Å²) in [5.41, 5.74) is 1.32. The summed E-state index contributed by atoms with van der Waals surface area (Å²) in [5.74, 6) is -0.0592. The first-order chi connectivity index (χ1) is 14.7. The fourth-order valence-corrected chi connectivity index (χ4v) is 4.79. The maximum absolute atomic E-state index is 12.6. The molecule has 0 N–H and O–H groups in total. The number of carbonyl (C=O) groups excluding carboxylic acids is 2. The summed E-state index contributed by atoms with van der Waals surface area (Å²) in [6, 6.07) is 4.82. The van der Waals surface area contributed by atoms with Crippen LogP contribution in [0.1, 0.15) is 38.9 Å². The van der Waals surface area contributed by atoms with E-state index in [0.29, 0.717) is 43.8 Å². The van der Waals surface area contributed by atoms with Crippen LogP contribution >= 0.6 is 0 Å². The van der Waals surface area contributed by atoms with E-state index in [9.17, 15) is 18.0 Å². The van der Waals surface area contributed by atoms with Crippen LogP contribution < -0.4 is 0 Å². The Morgan fingerprint density at radius 2 is 2.00 bits per heavy atom. The largest absolute Gasteiger partial charge is 0.457 e. The van der Waals surface area contributed by atoms with Crippen molar-refractivity contribution < 1.29 is 22.7 Å². The number of esters is 1. The summed E-state index contributed by atoms with van der Waals surface area (Å²) in [5, 5.41) is 0. The first-order valence-electron chi connectivity index (χ1n) is 10.5. The molecule has 0 radical (unpaired) electrons. The van der Waals surface area contributed by atoms with Crippen molar-refractivity contribution in [3.63, 3.8) is 0 Å². The summed E-state index contributed by atoms with van der Waals surface area (Å²) >= 11 is 0. The molecule has 1 aromatic carbocycles. The molecule has 0 aliphatic carbocycles. The van der Waals surface area contributed by atoms with Gasteiger partial charge in [0.1, 0.15) is 12.4 Å². The normalized spacial score (nSPS) is 17.3. The van der Waals surface area contributed by atoms with Crippen LogP contribution in [0.3, 0.4) is 0 Å². The van der Waals surface area contributed by atoms with E-state index < -0.39 is 10.0 Å². The predicted octanol–water partition coefficient (Wildman–Crippen LogP) is 2.00. The molecule has 1 unspecified atom stereocenters. The van der Waals surface area contributed by atoms with E-state index >= 15 is 0 Å². The third-order valence-electron chi connectivity index (χ3n) is 5.65. The maximum Gasteiger partial charge on any atom is 0.311 e. The van der Waals surface area contributed by atoms with Crippen molar-refractivity contribution in [2.75, 3.05) is 27.2 Å². The lowest BCUT2D eigenvalue weighted by Crippen LogP contribution is -2.42. The van der Waals surface area contributed by atoms with Crippen LogP contribution in [-0.4, -0.2) is 66.2 Å². The lowest BCUT2D eigenvalue weighted by Gasteiger charge is -2.31. The number of amides is 1. The molecule has 1 saturated heterocycles. The number of sulfonamides is 1. The molecule has 2 aromatic rings. The number of ether oxygens (including phenoxy) is 1. The fourth-order valence-electron chi connectivity index (χ4n) is 3.87. The number of aryl methyl sites for hydroxylation is 1. The van der Waals surface area contributed by atoms with Crippen LogP contribution in [-0.2, 0) is 37.5 Å². The Kier molecular flexibility index (Phi) is 7.00. The number of benzene rings is 1. The highest BCUT2D eigenvalue weighted by Crippen LogP contribution is 2.23. The Morgan fingerprint density at radius 3 is 2.65 bits per heavy atom. The minimum Gasteiger partial charge on any atom is -0.457 e. The molecule has 3 rings (SSSR count). The highest BCUT2D eigenvalue weighted by atomic mass is 32.2. The van der Waals surface area contributed by atoms with E-state index in [-0.39, 0.29) is 29.3 Å². The van der Waals surface area contributed by atoms with Crippen molar-refractivity contribution in [2.24, 2.45) is 5.92 Å². The lowest BCUT2D eigenvalue weighted by atomic mass is 9.98. The van der Waals surface area contributed by atoms with Gasteiger partial charge in [-0.15, -0.1) is 0 Å².